The van der Waals surface area contributed by atoms with Gasteiger partial charge >= 0.3 is 4.87 Å². The van der Waals surface area contributed by atoms with E-state index in [0.29, 0.717) is 10.6 Å². The van der Waals surface area contributed by atoms with Gasteiger partial charge in [0, 0.05) is 5.69 Å². The molecule has 0 unspecified atom stereocenters. The lowest BCUT2D eigenvalue weighted by Crippen LogP contribution is -2.10. The molecule has 0 atom stereocenters. The van der Waals surface area contributed by atoms with Gasteiger partial charge in [-0.25, -0.2) is 4.98 Å². The third-order valence-corrected chi connectivity index (χ3v) is 3.66. The lowest BCUT2D eigenvalue weighted by molar-refractivity contribution is 0.0967. The van der Waals surface area contributed by atoms with Gasteiger partial charge in [-0.3, -0.25) is 14.2 Å². The van der Waals surface area contributed by atoms with Gasteiger partial charge in [0.25, 0.3) is 5.91 Å². The molecule has 2 aromatic heterocycles. The smallest absolute Gasteiger partial charge is 0.305 e. The third-order valence-electron chi connectivity index (χ3n) is 2.69. The molecule has 2 heterocycles. The summed E-state index contributed by atoms with van der Waals surface area (Å²) in [5.41, 5.74) is 2.09. The van der Waals surface area contributed by atoms with Crippen molar-refractivity contribution in [3.05, 3.63) is 50.8 Å². The maximum Gasteiger partial charge on any atom is 0.305 e. The first kappa shape index (κ1) is 10.9. The molecule has 0 radical (unpaired) electrons. The summed E-state index contributed by atoms with van der Waals surface area (Å²) in [4.78, 5) is 30.5. The zero-order chi connectivity index (χ0) is 12.7. The van der Waals surface area contributed by atoms with E-state index in [1.165, 1.54) is 10.9 Å². The van der Waals surface area contributed by atoms with Crippen LogP contribution < -0.4 is 4.87 Å². The molecule has 5 nitrogen and oxygen atoms in total. The number of H-pyrrole nitrogens is 1. The number of nitrogens with zero attached hydrogens (tertiary/aromatic N) is 2. The highest BCUT2D eigenvalue weighted by molar-refractivity contribution is 7.11. The Hall–Kier alpha value is -2.21. The van der Waals surface area contributed by atoms with Crippen LogP contribution in [0.15, 0.2) is 35.4 Å². The lowest BCUT2D eigenvalue weighted by Gasteiger charge is -2.00. The van der Waals surface area contributed by atoms with Gasteiger partial charge in [-0.2, -0.15) is 0 Å². The average molecular weight is 259 g/mol. The number of hydrogen-bond donors (Lipinski definition) is 1. The average Bonchev–Trinajstić information content (AvgIpc) is 2.92. The third kappa shape index (κ3) is 1.58. The molecule has 0 saturated carbocycles. The monoisotopic (exact) mass is 259 g/mol. The molecule has 3 rings (SSSR count). The minimum absolute atomic E-state index is 0.222. The fourth-order valence-corrected chi connectivity index (χ4v) is 2.62. The van der Waals surface area contributed by atoms with E-state index in [-0.39, 0.29) is 10.8 Å². The van der Waals surface area contributed by atoms with Crippen molar-refractivity contribution in [2.75, 3.05) is 0 Å². The highest BCUT2D eigenvalue weighted by atomic mass is 32.1. The summed E-state index contributed by atoms with van der Waals surface area (Å²) >= 11 is 0.920. The number of hydrogen-bond acceptors (Lipinski definition) is 4. The van der Waals surface area contributed by atoms with Gasteiger partial charge in [-0.15, -0.1) is 0 Å². The summed E-state index contributed by atoms with van der Waals surface area (Å²) in [6.45, 7) is 1.71. The lowest BCUT2D eigenvalue weighted by atomic mass is 10.3. The van der Waals surface area contributed by atoms with Crippen LogP contribution in [0, 0.1) is 6.92 Å². The Balaban J connectivity index is 2.18. The number of imidazole rings is 1. The molecule has 90 valence electrons. The van der Waals surface area contributed by atoms with Gasteiger partial charge in [-0.1, -0.05) is 23.5 Å². The first-order chi connectivity index (χ1) is 8.66. The van der Waals surface area contributed by atoms with Crippen molar-refractivity contribution in [2.45, 2.75) is 6.92 Å². The number of nitrogens with one attached hydrogen (secondary N) is 1. The molecule has 0 aliphatic carbocycles. The molecular weight excluding hydrogens is 250 g/mol. The largest absolute Gasteiger partial charge is 0.316 e. The minimum atomic E-state index is -0.232. The van der Waals surface area contributed by atoms with Crippen molar-refractivity contribution >= 4 is 28.3 Å². The summed E-state index contributed by atoms with van der Waals surface area (Å²) in [5, 5.41) is 0. The van der Waals surface area contributed by atoms with Crippen LogP contribution in [0.4, 0.5) is 0 Å². The van der Waals surface area contributed by atoms with Crippen LogP contribution in [0.1, 0.15) is 15.4 Å². The zero-order valence-corrected chi connectivity index (χ0v) is 10.3. The number of carbonyl (C=O) groups is 1. The van der Waals surface area contributed by atoms with Crippen LogP contribution in [0.25, 0.3) is 11.0 Å². The second kappa shape index (κ2) is 3.92. The number of aromatic nitrogens is 3. The van der Waals surface area contributed by atoms with Crippen molar-refractivity contribution in [3.8, 4) is 0 Å². The highest BCUT2D eigenvalue weighted by Crippen LogP contribution is 2.16. The number of carbonyl (C=O) groups excluding carboxylic acids is 1. The van der Waals surface area contributed by atoms with Crippen LogP contribution in [0.3, 0.4) is 0 Å². The van der Waals surface area contributed by atoms with Gasteiger partial charge < -0.3 is 4.98 Å². The fraction of sp³-hybridized carbons (Fsp3) is 0.0833. The molecule has 6 heteroatoms. The number of benzene rings is 1. The van der Waals surface area contributed by atoms with E-state index in [9.17, 15) is 9.59 Å². The first-order valence-corrected chi connectivity index (χ1v) is 6.15. The maximum atomic E-state index is 12.3. The second-order valence-corrected chi connectivity index (χ2v) is 4.86. The van der Waals surface area contributed by atoms with Crippen LogP contribution >= 0.6 is 11.3 Å². The number of rotatable bonds is 1. The number of thiazole rings is 1. The molecule has 1 aromatic carbocycles. The van der Waals surface area contributed by atoms with Gasteiger partial charge in [0.2, 0.25) is 0 Å². The van der Waals surface area contributed by atoms with Gasteiger partial charge in [0.05, 0.1) is 11.0 Å². The molecule has 1 N–H and O–H groups in total. The normalized spacial score (nSPS) is 10.9. The van der Waals surface area contributed by atoms with E-state index in [0.717, 1.165) is 22.4 Å². The second-order valence-electron chi connectivity index (χ2n) is 3.88. The predicted molar refractivity (Wildman–Crippen MR) is 69.1 cm³/mol. The summed E-state index contributed by atoms with van der Waals surface area (Å²) in [6.07, 6.45) is 1.48. The van der Waals surface area contributed by atoms with Gasteiger partial charge in [0.1, 0.15) is 11.2 Å². The number of aromatic amines is 1. The number of para-hydroxylation sites is 2. The fourth-order valence-electron chi connectivity index (χ4n) is 1.84. The van der Waals surface area contributed by atoms with Gasteiger partial charge in [0.15, 0.2) is 0 Å². The summed E-state index contributed by atoms with van der Waals surface area (Å²) in [6, 6.07) is 7.38. The highest BCUT2D eigenvalue weighted by Gasteiger charge is 2.17. The summed E-state index contributed by atoms with van der Waals surface area (Å²) in [5.74, 6) is -0.232. The van der Waals surface area contributed by atoms with Crippen molar-refractivity contribution in [1.29, 1.82) is 0 Å². The topological polar surface area (TPSA) is 67.8 Å². The molecule has 18 heavy (non-hydrogen) atoms. The molecule has 0 saturated heterocycles. The molecule has 0 amide bonds. The molecular formula is C12H9N3O2S. The quantitative estimate of drug-likeness (QED) is 0.724. The van der Waals surface area contributed by atoms with E-state index in [4.69, 9.17) is 0 Å². The zero-order valence-electron chi connectivity index (χ0n) is 9.51. The number of aryl methyl sites for hydroxylation is 1. The SMILES string of the molecule is Cc1[nH]c(=O)sc1C(=O)n1cnc2ccccc21. The van der Waals surface area contributed by atoms with E-state index in [1.54, 1.807) is 6.92 Å². The molecule has 0 spiro atoms. The maximum absolute atomic E-state index is 12.3. The number of fused-ring (bicyclic) bond motifs is 1. The van der Waals surface area contributed by atoms with Crippen molar-refractivity contribution in [2.24, 2.45) is 0 Å². The van der Waals surface area contributed by atoms with Crippen LogP contribution in [0.5, 0.6) is 0 Å². The van der Waals surface area contributed by atoms with E-state index < -0.39 is 0 Å². The molecule has 0 aliphatic rings. The van der Waals surface area contributed by atoms with E-state index >= 15 is 0 Å². The Morgan fingerprint density at radius 1 is 1.39 bits per heavy atom. The Labute approximate surface area is 106 Å². The van der Waals surface area contributed by atoms with Gasteiger partial charge in [-0.05, 0) is 19.1 Å². The predicted octanol–water partition coefficient (Wildman–Crippen LogP) is 1.78. The standard InChI is InChI=1S/C12H9N3O2S/c1-7-10(18-12(17)14-7)11(16)15-6-13-8-4-2-3-5-9(8)15/h2-6H,1H3,(H,14,17). The van der Waals surface area contributed by atoms with E-state index in [1.807, 2.05) is 24.3 Å². The Morgan fingerprint density at radius 3 is 2.89 bits per heavy atom. The Kier molecular flexibility index (Phi) is 2.38. The van der Waals surface area contributed by atoms with Crippen molar-refractivity contribution < 1.29 is 4.79 Å². The summed E-state index contributed by atoms with van der Waals surface area (Å²) in [7, 11) is 0. The van der Waals surface area contributed by atoms with Crippen LogP contribution in [-0.2, 0) is 0 Å². The molecule has 0 bridgehead atoms. The summed E-state index contributed by atoms with van der Waals surface area (Å²) < 4.78 is 1.46. The molecule has 0 aliphatic heterocycles. The minimum Gasteiger partial charge on any atom is -0.316 e. The van der Waals surface area contributed by atoms with Crippen molar-refractivity contribution in [3.63, 3.8) is 0 Å². The van der Waals surface area contributed by atoms with Crippen LogP contribution in [0.2, 0.25) is 0 Å². The van der Waals surface area contributed by atoms with Crippen molar-refractivity contribution in [1.82, 2.24) is 14.5 Å². The molecule has 3 aromatic rings. The Morgan fingerprint density at radius 2 is 2.17 bits per heavy atom. The van der Waals surface area contributed by atoms with E-state index in [2.05, 4.69) is 9.97 Å². The van der Waals surface area contributed by atoms with Crippen LogP contribution in [-0.4, -0.2) is 20.4 Å². The molecule has 0 fully saturated rings. The Bertz CT molecular complexity index is 797. The first-order valence-electron chi connectivity index (χ1n) is 5.33.